The molecule has 1 saturated carbocycles. The molecule has 12 heteroatoms. The van der Waals surface area contributed by atoms with Gasteiger partial charge in [-0.3, -0.25) is 14.6 Å². The lowest BCUT2D eigenvalue weighted by Crippen LogP contribution is -2.49. The van der Waals surface area contributed by atoms with E-state index in [2.05, 4.69) is 25.6 Å². The number of hydrogen-bond donors (Lipinski definition) is 2. The molecule has 0 saturated heterocycles. The Bertz CT molecular complexity index is 1290. The Morgan fingerprint density at radius 2 is 1.75 bits per heavy atom. The van der Waals surface area contributed by atoms with Crippen molar-refractivity contribution in [3.05, 3.63) is 77.4 Å². The van der Waals surface area contributed by atoms with Crippen LogP contribution in [-0.4, -0.2) is 32.3 Å². The fourth-order valence-corrected chi connectivity index (χ4v) is 3.46. The molecule has 36 heavy (non-hydrogen) atoms. The highest BCUT2D eigenvalue weighted by Crippen LogP contribution is 2.38. The summed E-state index contributed by atoms with van der Waals surface area (Å²) in [7, 11) is 0. The van der Waals surface area contributed by atoms with Gasteiger partial charge in [-0.15, -0.1) is 0 Å². The summed E-state index contributed by atoms with van der Waals surface area (Å²) in [5.41, 5.74) is -2.10. The molecule has 0 radical (unpaired) electrons. The van der Waals surface area contributed by atoms with Crippen molar-refractivity contribution < 1.29 is 31.9 Å². The van der Waals surface area contributed by atoms with Gasteiger partial charge in [0.2, 0.25) is 5.91 Å². The van der Waals surface area contributed by atoms with Crippen molar-refractivity contribution in [2.45, 2.75) is 44.4 Å². The van der Waals surface area contributed by atoms with Crippen molar-refractivity contribution in [3.8, 4) is 11.5 Å². The number of carbonyl (C=O) groups excluding carboxylic acids is 2. The van der Waals surface area contributed by atoms with E-state index in [1.165, 1.54) is 31.5 Å². The SMILES string of the molecule is Cc1ncc(C(=O)NC2(C(=O)NC(C)c3ncc(Oc4ccccc4C(F)(F)F)cc3F)CC2)cn1. The number of halogens is 4. The van der Waals surface area contributed by atoms with Crippen molar-refractivity contribution in [2.24, 2.45) is 0 Å². The Morgan fingerprint density at radius 1 is 1.08 bits per heavy atom. The molecule has 1 fully saturated rings. The average Bonchev–Trinajstić information content (AvgIpc) is 3.60. The molecule has 2 amide bonds. The van der Waals surface area contributed by atoms with Crippen molar-refractivity contribution in [3.63, 3.8) is 0 Å². The summed E-state index contributed by atoms with van der Waals surface area (Å²) in [6.45, 7) is 3.17. The number of nitrogens with zero attached hydrogens (tertiary/aromatic N) is 3. The molecule has 0 aliphatic heterocycles. The van der Waals surface area contributed by atoms with Crippen molar-refractivity contribution in [2.75, 3.05) is 0 Å². The highest BCUT2D eigenvalue weighted by Gasteiger charge is 2.51. The van der Waals surface area contributed by atoms with E-state index in [0.717, 1.165) is 24.4 Å². The minimum atomic E-state index is -4.65. The smallest absolute Gasteiger partial charge is 0.419 e. The lowest BCUT2D eigenvalue weighted by molar-refractivity contribution is -0.138. The van der Waals surface area contributed by atoms with Gasteiger partial charge in [0, 0.05) is 18.5 Å². The third-order valence-corrected chi connectivity index (χ3v) is 5.60. The van der Waals surface area contributed by atoms with Gasteiger partial charge < -0.3 is 15.4 Å². The third-order valence-electron chi connectivity index (χ3n) is 5.60. The Balaban J connectivity index is 1.42. The first-order valence-electron chi connectivity index (χ1n) is 10.9. The number of amides is 2. The van der Waals surface area contributed by atoms with E-state index in [-0.39, 0.29) is 17.0 Å². The van der Waals surface area contributed by atoms with Crippen molar-refractivity contribution in [1.29, 1.82) is 0 Å². The van der Waals surface area contributed by atoms with E-state index in [1.54, 1.807) is 6.92 Å². The number of pyridine rings is 1. The fraction of sp³-hybridized carbons (Fsp3) is 0.292. The summed E-state index contributed by atoms with van der Waals surface area (Å²) < 4.78 is 59.5. The van der Waals surface area contributed by atoms with Gasteiger partial charge in [0.05, 0.1) is 29.1 Å². The van der Waals surface area contributed by atoms with Gasteiger partial charge >= 0.3 is 6.18 Å². The second-order valence-corrected chi connectivity index (χ2v) is 8.38. The summed E-state index contributed by atoms with van der Waals surface area (Å²) >= 11 is 0. The molecule has 2 aromatic heterocycles. The summed E-state index contributed by atoms with van der Waals surface area (Å²) in [4.78, 5) is 37.2. The number of benzene rings is 1. The van der Waals surface area contributed by atoms with Gasteiger partial charge in [-0.25, -0.2) is 14.4 Å². The maximum Gasteiger partial charge on any atom is 0.419 e. The molecule has 188 valence electrons. The number of carbonyl (C=O) groups is 2. The molecule has 8 nitrogen and oxygen atoms in total. The van der Waals surface area contributed by atoms with Crippen LogP contribution < -0.4 is 15.4 Å². The second-order valence-electron chi connectivity index (χ2n) is 8.38. The normalized spacial score (nSPS) is 15.1. The number of alkyl halides is 3. The maximum absolute atomic E-state index is 14.8. The summed E-state index contributed by atoms with van der Waals surface area (Å²) in [5.74, 6) is -2.15. The van der Waals surface area contributed by atoms with Gasteiger partial charge in [0.25, 0.3) is 5.91 Å². The summed E-state index contributed by atoms with van der Waals surface area (Å²) in [6, 6.07) is 4.53. The monoisotopic (exact) mass is 503 g/mol. The van der Waals surface area contributed by atoms with E-state index in [1.807, 2.05) is 0 Å². The number of para-hydroxylation sites is 1. The summed E-state index contributed by atoms with van der Waals surface area (Å²) in [5, 5.41) is 5.30. The lowest BCUT2D eigenvalue weighted by atomic mass is 10.1. The van der Waals surface area contributed by atoms with Gasteiger partial charge in [-0.1, -0.05) is 12.1 Å². The molecule has 2 N–H and O–H groups in total. The maximum atomic E-state index is 14.8. The largest absolute Gasteiger partial charge is 0.455 e. The van der Waals surface area contributed by atoms with Crippen LogP contribution in [0.1, 0.15) is 53.2 Å². The first kappa shape index (κ1) is 25.0. The standard InChI is InChI=1S/C24H21F4N5O3/c1-13(32-22(35)23(7-8-23)33-21(34)15-10-29-14(2)30-11-15)20-18(25)9-16(12-31-20)36-19-6-4-3-5-17(19)24(26,27)28/h3-6,9-13H,7-8H2,1-2H3,(H,32,35)(H,33,34). The van der Waals surface area contributed by atoms with Crippen LogP contribution in [0.3, 0.4) is 0 Å². The Morgan fingerprint density at radius 3 is 2.36 bits per heavy atom. The molecule has 2 heterocycles. The average molecular weight is 503 g/mol. The van der Waals surface area contributed by atoms with Crippen LogP contribution in [0.2, 0.25) is 0 Å². The van der Waals surface area contributed by atoms with Crippen LogP contribution in [0.15, 0.2) is 48.9 Å². The van der Waals surface area contributed by atoms with E-state index >= 15 is 0 Å². The van der Waals surface area contributed by atoms with Crippen molar-refractivity contribution >= 4 is 11.8 Å². The molecule has 4 rings (SSSR count). The molecule has 1 aliphatic rings. The quantitative estimate of drug-likeness (QED) is 0.467. The van der Waals surface area contributed by atoms with E-state index < -0.39 is 46.7 Å². The highest BCUT2D eigenvalue weighted by molar-refractivity contribution is 6.00. The zero-order valence-electron chi connectivity index (χ0n) is 19.2. The first-order valence-corrected chi connectivity index (χ1v) is 10.9. The van der Waals surface area contributed by atoms with Gasteiger partial charge in [-0.2, -0.15) is 13.2 Å². The van der Waals surface area contributed by atoms with E-state index in [4.69, 9.17) is 4.74 Å². The van der Waals surface area contributed by atoms with E-state index in [0.29, 0.717) is 18.7 Å². The first-order chi connectivity index (χ1) is 17.0. The fourth-order valence-electron chi connectivity index (χ4n) is 3.46. The Hall–Kier alpha value is -4.09. The number of aryl methyl sites for hydroxylation is 1. The number of aromatic nitrogens is 3. The number of hydrogen-bond acceptors (Lipinski definition) is 6. The van der Waals surface area contributed by atoms with Gasteiger partial charge in [0.1, 0.15) is 22.9 Å². The molecule has 0 bridgehead atoms. The minimum absolute atomic E-state index is 0.145. The molecular formula is C24H21F4N5O3. The number of ether oxygens (including phenoxy) is 1. The van der Waals surface area contributed by atoms with Crippen LogP contribution in [0.4, 0.5) is 17.6 Å². The minimum Gasteiger partial charge on any atom is -0.455 e. The van der Waals surface area contributed by atoms with Crippen LogP contribution in [-0.2, 0) is 11.0 Å². The molecule has 3 aromatic rings. The predicted octanol–water partition coefficient (Wildman–Crippen LogP) is 4.27. The van der Waals surface area contributed by atoms with Crippen LogP contribution >= 0.6 is 0 Å². The molecule has 1 unspecified atom stereocenters. The molecule has 1 aliphatic carbocycles. The molecule has 1 aromatic carbocycles. The zero-order chi connectivity index (χ0) is 26.1. The molecule has 1 atom stereocenters. The Labute approximate surface area is 203 Å². The van der Waals surface area contributed by atoms with Crippen LogP contribution in [0.5, 0.6) is 11.5 Å². The summed E-state index contributed by atoms with van der Waals surface area (Å²) in [6.07, 6.45) is -0.0898. The van der Waals surface area contributed by atoms with Gasteiger partial charge in [-0.05, 0) is 38.8 Å². The van der Waals surface area contributed by atoms with Crippen LogP contribution in [0, 0.1) is 12.7 Å². The topological polar surface area (TPSA) is 106 Å². The molecular weight excluding hydrogens is 482 g/mol. The van der Waals surface area contributed by atoms with Crippen molar-refractivity contribution in [1.82, 2.24) is 25.6 Å². The number of rotatable bonds is 7. The van der Waals surface area contributed by atoms with E-state index in [9.17, 15) is 27.2 Å². The van der Waals surface area contributed by atoms with Gasteiger partial charge in [0.15, 0.2) is 5.82 Å². The predicted molar refractivity (Wildman–Crippen MR) is 118 cm³/mol. The van der Waals surface area contributed by atoms with Crippen LogP contribution in [0.25, 0.3) is 0 Å². The lowest BCUT2D eigenvalue weighted by Gasteiger charge is -2.21. The third kappa shape index (κ3) is 5.42. The second kappa shape index (κ2) is 9.51. The Kier molecular flexibility index (Phi) is 6.61. The molecule has 0 spiro atoms. The number of nitrogens with one attached hydrogen (secondary N) is 2. The highest BCUT2D eigenvalue weighted by atomic mass is 19.4. The zero-order valence-corrected chi connectivity index (χ0v) is 19.2.